The molecule has 2 aromatic carbocycles. The summed E-state index contributed by atoms with van der Waals surface area (Å²) in [6.45, 7) is 2.65. The number of nitrogens with two attached hydrogens (primary N) is 1. The first-order valence-electron chi connectivity index (χ1n) is 6.48. The lowest BCUT2D eigenvalue weighted by Crippen LogP contribution is -2.17. The quantitative estimate of drug-likeness (QED) is 0.891. The zero-order valence-electron chi connectivity index (χ0n) is 11.6. The lowest BCUT2D eigenvalue weighted by molar-refractivity contribution is 0.817. The van der Waals surface area contributed by atoms with Crippen molar-refractivity contribution in [3.63, 3.8) is 0 Å². The van der Waals surface area contributed by atoms with Gasteiger partial charge in [-0.1, -0.05) is 47.5 Å². The summed E-state index contributed by atoms with van der Waals surface area (Å²) < 4.78 is 0. The maximum Gasteiger partial charge on any atom is 0.0642 e. The van der Waals surface area contributed by atoms with Crippen molar-refractivity contribution in [3.05, 3.63) is 63.6 Å². The molecule has 0 unspecified atom stereocenters. The molecule has 0 bridgehead atoms. The number of anilines is 1. The van der Waals surface area contributed by atoms with E-state index < -0.39 is 0 Å². The molecule has 0 aliphatic rings. The second kappa shape index (κ2) is 6.49. The van der Waals surface area contributed by atoms with Gasteiger partial charge in [-0.15, -0.1) is 0 Å². The van der Waals surface area contributed by atoms with Gasteiger partial charge in [-0.25, -0.2) is 0 Å². The average Bonchev–Trinajstić information content (AvgIpc) is 2.41. The number of hydrogen-bond donors (Lipinski definition) is 1. The fourth-order valence-corrected chi connectivity index (χ4v) is 2.61. The Morgan fingerprint density at radius 2 is 1.80 bits per heavy atom. The van der Waals surface area contributed by atoms with E-state index in [1.807, 2.05) is 56.4 Å². The van der Waals surface area contributed by atoms with Crippen LogP contribution in [0.15, 0.2) is 42.5 Å². The van der Waals surface area contributed by atoms with Gasteiger partial charge in [0.05, 0.1) is 10.7 Å². The van der Waals surface area contributed by atoms with Crippen LogP contribution in [-0.2, 0) is 6.54 Å². The van der Waals surface area contributed by atoms with E-state index >= 15 is 0 Å². The normalized spacial score (nSPS) is 12.2. The predicted molar refractivity (Wildman–Crippen MR) is 87.6 cm³/mol. The molecule has 2 aromatic rings. The van der Waals surface area contributed by atoms with Crippen LogP contribution in [0.5, 0.6) is 0 Å². The maximum absolute atomic E-state index is 6.34. The van der Waals surface area contributed by atoms with Crippen LogP contribution < -0.4 is 10.6 Å². The molecule has 0 heterocycles. The molecule has 0 saturated carbocycles. The lowest BCUT2D eigenvalue weighted by atomic mass is 10.1. The van der Waals surface area contributed by atoms with Crippen molar-refractivity contribution in [2.45, 2.75) is 19.5 Å². The minimum Gasteiger partial charge on any atom is -0.369 e. The van der Waals surface area contributed by atoms with Crippen LogP contribution >= 0.6 is 23.2 Å². The van der Waals surface area contributed by atoms with Crippen LogP contribution in [0, 0.1) is 0 Å². The van der Waals surface area contributed by atoms with E-state index in [1.54, 1.807) is 0 Å². The van der Waals surface area contributed by atoms with Crippen molar-refractivity contribution in [1.29, 1.82) is 0 Å². The standard InChI is InChI=1S/C16H18Cl2N2/c1-11(19)12-7-8-16(15(18)9-12)20(2)10-13-5-3-4-6-14(13)17/h3-9,11H,10,19H2,1-2H3/t11-/m0/s1. The monoisotopic (exact) mass is 308 g/mol. The van der Waals surface area contributed by atoms with E-state index in [0.717, 1.165) is 21.8 Å². The summed E-state index contributed by atoms with van der Waals surface area (Å²) in [7, 11) is 2.00. The van der Waals surface area contributed by atoms with Gasteiger partial charge in [-0.05, 0) is 36.2 Å². The van der Waals surface area contributed by atoms with E-state index in [0.29, 0.717) is 11.6 Å². The summed E-state index contributed by atoms with van der Waals surface area (Å²) in [4.78, 5) is 2.08. The summed E-state index contributed by atoms with van der Waals surface area (Å²) in [6.07, 6.45) is 0. The van der Waals surface area contributed by atoms with Crippen molar-refractivity contribution >= 4 is 28.9 Å². The van der Waals surface area contributed by atoms with Crippen molar-refractivity contribution in [2.24, 2.45) is 5.73 Å². The second-order valence-electron chi connectivity index (χ2n) is 4.95. The van der Waals surface area contributed by atoms with E-state index in [1.165, 1.54) is 0 Å². The van der Waals surface area contributed by atoms with Gasteiger partial charge in [-0.3, -0.25) is 0 Å². The van der Waals surface area contributed by atoms with Gasteiger partial charge in [0.1, 0.15) is 0 Å². The molecule has 2 N–H and O–H groups in total. The number of nitrogens with zero attached hydrogens (tertiary/aromatic N) is 1. The minimum absolute atomic E-state index is 0.0181. The first kappa shape index (κ1) is 15.2. The molecule has 2 rings (SSSR count). The van der Waals surface area contributed by atoms with Gasteiger partial charge in [-0.2, -0.15) is 0 Å². The topological polar surface area (TPSA) is 29.3 Å². The largest absolute Gasteiger partial charge is 0.369 e. The Morgan fingerprint density at radius 3 is 2.40 bits per heavy atom. The Balaban J connectivity index is 2.21. The van der Waals surface area contributed by atoms with Crippen molar-refractivity contribution in [1.82, 2.24) is 0 Å². The second-order valence-corrected chi connectivity index (χ2v) is 5.76. The third kappa shape index (κ3) is 3.45. The SMILES string of the molecule is C[C@H](N)c1ccc(N(C)Cc2ccccc2Cl)c(Cl)c1. The zero-order valence-corrected chi connectivity index (χ0v) is 13.1. The Hall–Kier alpha value is -1.22. The van der Waals surface area contributed by atoms with Crippen LogP contribution in [0.3, 0.4) is 0 Å². The van der Waals surface area contributed by atoms with Gasteiger partial charge >= 0.3 is 0 Å². The van der Waals surface area contributed by atoms with Crippen LogP contribution in [-0.4, -0.2) is 7.05 Å². The number of halogens is 2. The molecule has 0 aromatic heterocycles. The third-order valence-corrected chi connectivity index (χ3v) is 3.95. The van der Waals surface area contributed by atoms with Crippen molar-refractivity contribution < 1.29 is 0 Å². The van der Waals surface area contributed by atoms with E-state index in [2.05, 4.69) is 4.90 Å². The Morgan fingerprint density at radius 1 is 1.10 bits per heavy atom. The highest BCUT2D eigenvalue weighted by atomic mass is 35.5. The maximum atomic E-state index is 6.34. The lowest BCUT2D eigenvalue weighted by Gasteiger charge is -2.22. The highest BCUT2D eigenvalue weighted by Crippen LogP contribution is 2.29. The molecule has 4 heteroatoms. The fraction of sp³-hybridized carbons (Fsp3) is 0.250. The van der Waals surface area contributed by atoms with E-state index in [4.69, 9.17) is 28.9 Å². The highest BCUT2D eigenvalue weighted by molar-refractivity contribution is 6.33. The molecule has 2 nitrogen and oxygen atoms in total. The van der Waals surface area contributed by atoms with Gasteiger partial charge in [0.25, 0.3) is 0 Å². The molecular weight excluding hydrogens is 291 g/mol. The molecule has 0 radical (unpaired) electrons. The smallest absolute Gasteiger partial charge is 0.0642 e. The van der Waals surface area contributed by atoms with Crippen molar-refractivity contribution in [2.75, 3.05) is 11.9 Å². The highest BCUT2D eigenvalue weighted by Gasteiger charge is 2.10. The molecule has 0 fully saturated rings. The Kier molecular flexibility index (Phi) is 4.92. The van der Waals surface area contributed by atoms with Gasteiger partial charge in [0.15, 0.2) is 0 Å². The van der Waals surface area contributed by atoms with Crippen LogP contribution in [0.4, 0.5) is 5.69 Å². The van der Waals surface area contributed by atoms with Gasteiger partial charge in [0.2, 0.25) is 0 Å². The molecule has 0 saturated heterocycles. The van der Waals surface area contributed by atoms with Crippen LogP contribution in [0.25, 0.3) is 0 Å². The third-order valence-electron chi connectivity index (χ3n) is 3.27. The minimum atomic E-state index is -0.0181. The van der Waals surface area contributed by atoms with Gasteiger partial charge < -0.3 is 10.6 Å². The van der Waals surface area contributed by atoms with Crippen molar-refractivity contribution in [3.8, 4) is 0 Å². The first-order chi connectivity index (χ1) is 9.49. The summed E-state index contributed by atoms with van der Waals surface area (Å²) in [5.41, 5.74) is 8.94. The van der Waals surface area contributed by atoms with Crippen LogP contribution in [0.2, 0.25) is 10.0 Å². The summed E-state index contributed by atoms with van der Waals surface area (Å²) in [5, 5.41) is 1.47. The number of rotatable bonds is 4. The van der Waals surface area contributed by atoms with Gasteiger partial charge in [0, 0.05) is 24.7 Å². The molecule has 0 spiro atoms. The summed E-state index contributed by atoms with van der Waals surface area (Å²) in [5.74, 6) is 0. The summed E-state index contributed by atoms with van der Waals surface area (Å²) in [6, 6.07) is 13.7. The Bertz CT molecular complexity index is 597. The predicted octanol–water partition coefficient (Wildman–Crippen LogP) is 4.65. The first-order valence-corrected chi connectivity index (χ1v) is 7.24. The average molecular weight is 309 g/mol. The Labute approximate surface area is 130 Å². The summed E-state index contributed by atoms with van der Waals surface area (Å²) >= 11 is 12.5. The molecule has 0 aliphatic heterocycles. The number of hydrogen-bond acceptors (Lipinski definition) is 2. The molecular formula is C16H18Cl2N2. The molecule has 0 amide bonds. The zero-order chi connectivity index (χ0) is 14.7. The van der Waals surface area contributed by atoms with Crippen LogP contribution in [0.1, 0.15) is 24.1 Å². The molecule has 0 aliphatic carbocycles. The van der Waals surface area contributed by atoms with E-state index in [-0.39, 0.29) is 6.04 Å². The molecule has 1 atom stereocenters. The molecule has 20 heavy (non-hydrogen) atoms. The fourth-order valence-electron chi connectivity index (χ4n) is 2.08. The van der Waals surface area contributed by atoms with E-state index in [9.17, 15) is 0 Å². The molecule has 106 valence electrons. The number of benzene rings is 2.